The Bertz CT molecular complexity index is 591. The second-order valence-corrected chi connectivity index (χ2v) is 6.15. The Morgan fingerprint density at radius 2 is 1.96 bits per heavy atom. The summed E-state index contributed by atoms with van der Waals surface area (Å²) in [6, 6.07) is 5.59. The molecular weight excluding hydrogens is 481 g/mol. The first-order chi connectivity index (χ1) is 12.9. The first-order valence-electron chi connectivity index (χ1n) is 9.27. The van der Waals surface area contributed by atoms with E-state index in [2.05, 4.69) is 46.2 Å². The van der Waals surface area contributed by atoms with Gasteiger partial charge >= 0.3 is 6.61 Å². The molecule has 162 valence electrons. The van der Waals surface area contributed by atoms with Gasteiger partial charge in [0.2, 0.25) is 0 Å². The van der Waals surface area contributed by atoms with Crippen LogP contribution in [0.5, 0.6) is 11.5 Å². The van der Waals surface area contributed by atoms with Crippen LogP contribution in [-0.4, -0.2) is 57.3 Å². The van der Waals surface area contributed by atoms with Crippen LogP contribution in [0.25, 0.3) is 0 Å². The van der Waals surface area contributed by atoms with E-state index in [4.69, 9.17) is 4.74 Å². The summed E-state index contributed by atoms with van der Waals surface area (Å²) in [6.07, 6.45) is 1.09. The van der Waals surface area contributed by atoms with Gasteiger partial charge in [0.1, 0.15) is 0 Å². The third kappa shape index (κ3) is 9.22. The quantitative estimate of drug-likeness (QED) is 0.268. The van der Waals surface area contributed by atoms with Crippen LogP contribution in [0.15, 0.2) is 23.2 Å². The average Bonchev–Trinajstić information content (AvgIpc) is 2.65. The SMILES string of the molecule is CCOc1cccc(CNC(=NC)NCCN(C)C(C)CC)c1OC(F)F.I. The lowest BCUT2D eigenvalue weighted by atomic mass is 10.2. The van der Waals surface area contributed by atoms with E-state index in [1.807, 2.05) is 0 Å². The molecule has 28 heavy (non-hydrogen) atoms. The predicted molar refractivity (Wildman–Crippen MR) is 120 cm³/mol. The van der Waals surface area contributed by atoms with Gasteiger partial charge in [-0.25, -0.2) is 0 Å². The Morgan fingerprint density at radius 1 is 1.25 bits per heavy atom. The van der Waals surface area contributed by atoms with Gasteiger partial charge in [0.05, 0.1) is 6.61 Å². The molecule has 2 N–H and O–H groups in total. The highest BCUT2D eigenvalue weighted by Crippen LogP contribution is 2.32. The smallest absolute Gasteiger partial charge is 0.387 e. The van der Waals surface area contributed by atoms with Crippen molar-refractivity contribution >= 4 is 29.9 Å². The maximum atomic E-state index is 12.8. The number of ether oxygens (including phenoxy) is 2. The van der Waals surface area contributed by atoms with Crippen LogP contribution in [0.1, 0.15) is 32.8 Å². The highest BCUT2D eigenvalue weighted by molar-refractivity contribution is 14.0. The van der Waals surface area contributed by atoms with Crippen molar-refractivity contribution in [2.45, 2.75) is 46.4 Å². The average molecular weight is 514 g/mol. The fourth-order valence-corrected chi connectivity index (χ4v) is 2.47. The molecule has 1 aromatic rings. The molecule has 0 fully saturated rings. The maximum Gasteiger partial charge on any atom is 0.387 e. The van der Waals surface area contributed by atoms with Crippen molar-refractivity contribution in [1.29, 1.82) is 0 Å². The third-order valence-corrected chi connectivity index (χ3v) is 4.34. The van der Waals surface area contributed by atoms with Crippen molar-refractivity contribution in [3.63, 3.8) is 0 Å². The molecule has 0 heterocycles. The lowest BCUT2D eigenvalue weighted by molar-refractivity contribution is -0.0520. The Hall–Kier alpha value is -1.36. The van der Waals surface area contributed by atoms with Gasteiger partial charge < -0.3 is 25.0 Å². The number of hydrogen-bond donors (Lipinski definition) is 2. The second-order valence-electron chi connectivity index (χ2n) is 6.15. The van der Waals surface area contributed by atoms with Crippen molar-refractivity contribution in [1.82, 2.24) is 15.5 Å². The molecule has 0 aliphatic heterocycles. The molecular formula is C19H33F2IN4O2. The lowest BCUT2D eigenvalue weighted by Crippen LogP contribution is -2.42. The van der Waals surface area contributed by atoms with Crippen LogP contribution in [0.3, 0.4) is 0 Å². The van der Waals surface area contributed by atoms with Crippen LogP contribution in [-0.2, 0) is 6.54 Å². The molecule has 0 aliphatic carbocycles. The molecule has 1 atom stereocenters. The minimum Gasteiger partial charge on any atom is -0.490 e. The van der Waals surface area contributed by atoms with Crippen LogP contribution in [0.2, 0.25) is 0 Å². The normalized spacial score (nSPS) is 12.5. The molecule has 0 aromatic heterocycles. The van der Waals surface area contributed by atoms with Crippen LogP contribution in [0, 0.1) is 0 Å². The Labute approximate surface area is 184 Å². The van der Waals surface area contributed by atoms with Gasteiger partial charge in [0.15, 0.2) is 17.5 Å². The molecule has 0 spiro atoms. The van der Waals surface area contributed by atoms with E-state index in [1.54, 1.807) is 32.2 Å². The first kappa shape index (κ1) is 26.6. The predicted octanol–water partition coefficient (Wildman–Crippen LogP) is 3.70. The van der Waals surface area contributed by atoms with Crippen molar-refractivity contribution in [3.8, 4) is 11.5 Å². The van der Waals surface area contributed by atoms with E-state index >= 15 is 0 Å². The van der Waals surface area contributed by atoms with E-state index in [0.717, 1.165) is 19.5 Å². The fourth-order valence-electron chi connectivity index (χ4n) is 2.47. The molecule has 0 aliphatic rings. The summed E-state index contributed by atoms with van der Waals surface area (Å²) in [5.41, 5.74) is 0.570. The van der Waals surface area contributed by atoms with Crippen LogP contribution in [0.4, 0.5) is 8.78 Å². The first-order valence-corrected chi connectivity index (χ1v) is 9.27. The highest BCUT2D eigenvalue weighted by Gasteiger charge is 2.16. The number of guanidine groups is 1. The molecule has 0 radical (unpaired) electrons. The number of nitrogens with zero attached hydrogens (tertiary/aromatic N) is 2. The standard InChI is InChI=1S/C19H32F2N4O2.HI/c1-6-14(3)25(5)12-11-23-19(22-4)24-13-15-9-8-10-16(26-7-2)17(15)27-18(20)21;/h8-10,14,18H,6-7,11-13H2,1-5H3,(H2,22,23,24);1H. The molecule has 1 aromatic carbocycles. The fraction of sp³-hybridized carbons (Fsp3) is 0.632. The number of para-hydroxylation sites is 1. The minimum absolute atomic E-state index is 0. The van der Waals surface area contributed by atoms with E-state index < -0.39 is 6.61 Å². The second kappa shape index (κ2) is 14.6. The van der Waals surface area contributed by atoms with Gasteiger partial charge in [-0.15, -0.1) is 24.0 Å². The topological polar surface area (TPSA) is 58.1 Å². The monoisotopic (exact) mass is 514 g/mol. The number of halogens is 3. The summed E-state index contributed by atoms with van der Waals surface area (Å²) < 4.78 is 35.6. The summed E-state index contributed by atoms with van der Waals surface area (Å²) in [5, 5.41) is 6.35. The third-order valence-electron chi connectivity index (χ3n) is 4.34. The number of likely N-dealkylation sites (N-methyl/N-ethyl adjacent to an activating group) is 1. The number of hydrogen-bond acceptors (Lipinski definition) is 4. The van der Waals surface area contributed by atoms with Gasteiger partial charge in [-0.1, -0.05) is 19.1 Å². The molecule has 1 unspecified atom stereocenters. The Morgan fingerprint density at radius 3 is 2.54 bits per heavy atom. The van der Waals surface area contributed by atoms with Gasteiger partial charge in [-0.05, 0) is 33.4 Å². The molecule has 0 bridgehead atoms. The number of nitrogens with one attached hydrogen (secondary N) is 2. The summed E-state index contributed by atoms with van der Waals surface area (Å²) in [5.74, 6) is 0.946. The zero-order chi connectivity index (χ0) is 20.2. The highest BCUT2D eigenvalue weighted by atomic mass is 127. The van der Waals surface area contributed by atoms with Gasteiger partial charge in [-0.3, -0.25) is 4.99 Å². The maximum absolute atomic E-state index is 12.8. The number of alkyl halides is 2. The zero-order valence-electron chi connectivity index (χ0n) is 17.3. The van der Waals surface area contributed by atoms with Crippen LogP contribution < -0.4 is 20.1 Å². The molecule has 9 heteroatoms. The van der Waals surface area contributed by atoms with Crippen molar-refractivity contribution in [2.75, 3.05) is 33.8 Å². The van der Waals surface area contributed by atoms with E-state index in [1.165, 1.54) is 0 Å². The van der Waals surface area contributed by atoms with Gasteiger partial charge in [0.25, 0.3) is 0 Å². The largest absolute Gasteiger partial charge is 0.490 e. The van der Waals surface area contributed by atoms with E-state index in [9.17, 15) is 8.78 Å². The number of benzene rings is 1. The lowest BCUT2D eigenvalue weighted by Gasteiger charge is -2.24. The Balaban J connectivity index is 0.00000729. The van der Waals surface area contributed by atoms with Crippen molar-refractivity contribution in [3.05, 3.63) is 23.8 Å². The van der Waals surface area contributed by atoms with Crippen molar-refractivity contribution < 1.29 is 18.3 Å². The number of rotatable bonds is 11. The molecule has 6 nitrogen and oxygen atoms in total. The molecule has 1 rings (SSSR count). The number of aliphatic imine (C=N–C) groups is 1. The molecule has 0 saturated heterocycles. The molecule has 0 amide bonds. The van der Waals surface area contributed by atoms with E-state index in [-0.39, 0.29) is 36.3 Å². The van der Waals surface area contributed by atoms with Gasteiger partial charge in [0, 0.05) is 38.3 Å². The zero-order valence-corrected chi connectivity index (χ0v) is 19.6. The summed E-state index contributed by atoms with van der Waals surface area (Å²) in [6.45, 7) is 5.45. The summed E-state index contributed by atoms with van der Waals surface area (Å²) >= 11 is 0. The van der Waals surface area contributed by atoms with E-state index in [0.29, 0.717) is 29.9 Å². The Kier molecular flexibility index (Phi) is 13.9. The van der Waals surface area contributed by atoms with Crippen molar-refractivity contribution in [2.24, 2.45) is 4.99 Å². The van der Waals surface area contributed by atoms with Gasteiger partial charge in [-0.2, -0.15) is 8.78 Å². The van der Waals surface area contributed by atoms with Crippen LogP contribution >= 0.6 is 24.0 Å². The minimum atomic E-state index is -2.92. The summed E-state index contributed by atoms with van der Waals surface area (Å²) in [4.78, 5) is 6.43. The molecule has 0 saturated carbocycles. The summed E-state index contributed by atoms with van der Waals surface area (Å²) in [7, 11) is 3.75.